The predicted octanol–water partition coefficient (Wildman–Crippen LogP) is 5.75. The summed E-state index contributed by atoms with van der Waals surface area (Å²) in [6, 6.07) is 13.2. The van der Waals surface area contributed by atoms with Crippen molar-refractivity contribution in [2.45, 2.75) is 80.6 Å². The van der Waals surface area contributed by atoms with Gasteiger partial charge < -0.3 is 29.1 Å². The molecule has 2 aromatic carbocycles. The number of hydrogen-bond acceptors (Lipinski definition) is 7. The van der Waals surface area contributed by atoms with Crippen LogP contribution in [-0.2, 0) is 19.1 Å². The van der Waals surface area contributed by atoms with Crippen LogP contribution >= 0.6 is 11.6 Å². The second-order valence-corrected chi connectivity index (χ2v) is 14.5. The average Bonchev–Trinajstić information content (AvgIpc) is 3.70. The summed E-state index contributed by atoms with van der Waals surface area (Å²) in [5.74, 6) is -1.57. The van der Waals surface area contributed by atoms with Crippen molar-refractivity contribution in [3.8, 4) is 5.75 Å². The first-order valence-electron chi connectivity index (χ1n) is 17.3. The summed E-state index contributed by atoms with van der Waals surface area (Å²) in [7, 11) is 4.98. The monoisotopic (exact) mass is 685 g/mol. The van der Waals surface area contributed by atoms with Gasteiger partial charge in [0, 0.05) is 75.5 Å². The molecule has 1 saturated carbocycles. The maximum absolute atomic E-state index is 17.9. The molecule has 4 atom stereocenters. The minimum Gasteiger partial charge on any atom is -0.497 e. The molecule has 0 bridgehead atoms. The molecule has 9 nitrogen and oxygen atoms in total. The predicted molar refractivity (Wildman–Crippen MR) is 183 cm³/mol. The largest absolute Gasteiger partial charge is 0.497 e. The Balaban J connectivity index is 1.27. The number of carboxylic acids is 1. The Morgan fingerprint density at radius 3 is 2.31 bits per heavy atom. The molecule has 3 heterocycles. The molecule has 0 spiro atoms. The molecule has 4 fully saturated rings. The number of aliphatic carboxylic acids is 1. The number of hydrogen-bond donors (Lipinski definition) is 1. The molecule has 2 aromatic rings. The number of ether oxygens (including phenoxy) is 3. The molecule has 11 heteroatoms. The normalized spacial score (nSPS) is 30.1. The van der Waals surface area contributed by atoms with E-state index in [-0.39, 0.29) is 36.6 Å². The van der Waals surface area contributed by atoms with Gasteiger partial charge in [-0.2, -0.15) is 0 Å². The highest BCUT2D eigenvalue weighted by atomic mass is 35.5. The maximum atomic E-state index is 17.9. The summed E-state index contributed by atoms with van der Waals surface area (Å²) in [5.41, 5.74) is 0.692. The Hall–Kier alpha value is -2.92. The number of alkyl halides is 1. The lowest BCUT2D eigenvalue weighted by Crippen LogP contribution is -2.53. The van der Waals surface area contributed by atoms with E-state index in [0.29, 0.717) is 62.8 Å². The minimum atomic E-state index is -2.12. The number of nitrogens with zero attached hydrogens (tertiary/aromatic N) is 3. The van der Waals surface area contributed by atoms with Gasteiger partial charge in [0.05, 0.1) is 31.8 Å². The van der Waals surface area contributed by atoms with E-state index in [4.69, 9.17) is 25.8 Å². The second kappa shape index (κ2) is 14.9. The number of carbonyl (C=O) groups is 2. The molecular weight excluding hydrogens is 637 g/mol. The van der Waals surface area contributed by atoms with E-state index < -0.39 is 23.5 Å². The van der Waals surface area contributed by atoms with Gasteiger partial charge in [-0.15, -0.1) is 0 Å². The highest BCUT2D eigenvalue weighted by molar-refractivity contribution is 6.30. The summed E-state index contributed by atoms with van der Waals surface area (Å²) < 4.78 is 34.5. The van der Waals surface area contributed by atoms with E-state index in [2.05, 4.69) is 9.80 Å². The Kier molecular flexibility index (Phi) is 10.8. The zero-order chi connectivity index (χ0) is 34.0. The molecule has 1 amide bonds. The third-order valence-corrected chi connectivity index (χ3v) is 11.7. The summed E-state index contributed by atoms with van der Waals surface area (Å²) >= 11 is 6.50. The van der Waals surface area contributed by atoms with Crippen molar-refractivity contribution >= 4 is 29.2 Å². The number of carbonyl (C=O) groups excluding carboxylic acids is 1. The van der Waals surface area contributed by atoms with Crippen LogP contribution in [0.4, 0.5) is 10.1 Å². The van der Waals surface area contributed by atoms with Crippen LogP contribution in [-0.4, -0.2) is 111 Å². The van der Waals surface area contributed by atoms with Crippen molar-refractivity contribution in [3.05, 3.63) is 58.6 Å². The molecule has 3 saturated heterocycles. The number of carboxylic acid groups (broad SMARTS) is 1. The molecule has 0 radical (unpaired) electrons. The van der Waals surface area contributed by atoms with E-state index in [0.717, 1.165) is 42.5 Å². The van der Waals surface area contributed by atoms with Gasteiger partial charge in [0.15, 0.2) is 0 Å². The van der Waals surface area contributed by atoms with Gasteiger partial charge in [0.1, 0.15) is 5.75 Å². The van der Waals surface area contributed by atoms with Crippen LogP contribution in [0.2, 0.25) is 5.02 Å². The fraction of sp³-hybridized carbons (Fsp3) is 0.622. The lowest BCUT2D eigenvalue weighted by Gasteiger charge is -2.35. The maximum Gasteiger partial charge on any atom is 0.306 e. The summed E-state index contributed by atoms with van der Waals surface area (Å²) in [6.07, 6.45) is 5.67. The number of halogens is 2. The fourth-order valence-electron chi connectivity index (χ4n) is 8.68. The zero-order valence-corrected chi connectivity index (χ0v) is 29.0. The van der Waals surface area contributed by atoms with Crippen molar-refractivity contribution in [2.24, 2.45) is 5.92 Å². The Morgan fingerprint density at radius 1 is 0.979 bits per heavy atom. The van der Waals surface area contributed by atoms with Crippen LogP contribution in [0.1, 0.15) is 67.9 Å². The Bertz CT molecular complexity index is 1430. The highest BCUT2D eigenvalue weighted by Gasteiger charge is 2.58. The van der Waals surface area contributed by atoms with Crippen molar-refractivity contribution in [1.29, 1.82) is 0 Å². The topological polar surface area (TPSA) is 91.8 Å². The molecule has 0 unspecified atom stereocenters. The summed E-state index contributed by atoms with van der Waals surface area (Å²) in [5, 5.41) is 10.1. The minimum absolute atomic E-state index is 0.0520. The molecule has 262 valence electrons. The molecule has 1 aliphatic carbocycles. The SMILES string of the molecule is COC[C@@H]1C[C@@H](c2ccc(Cl)cc2N2CCC(C(=O)O)CC2)CN1C(=O)[C@]1(F)CN(C2CCC(OC)CC2)C[C@H]1c1ccc(OC)cc1. The quantitative estimate of drug-likeness (QED) is 0.339. The summed E-state index contributed by atoms with van der Waals surface area (Å²) in [4.78, 5) is 32.5. The van der Waals surface area contributed by atoms with E-state index in [9.17, 15) is 14.7 Å². The van der Waals surface area contributed by atoms with Gasteiger partial charge in [-0.3, -0.25) is 14.5 Å². The lowest BCUT2D eigenvalue weighted by molar-refractivity contribution is -0.146. The number of benzene rings is 2. The highest BCUT2D eigenvalue weighted by Crippen LogP contribution is 2.46. The van der Waals surface area contributed by atoms with E-state index >= 15 is 4.39 Å². The molecular formula is C37H49ClFN3O6. The van der Waals surface area contributed by atoms with Crippen LogP contribution in [0.15, 0.2) is 42.5 Å². The molecule has 1 N–H and O–H groups in total. The molecule has 0 aromatic heterocycles. The van der Waals surface area contributed by atoms with Gasteiger partial charge in [-0.05, 0) is 80.3 Å². The van der Waals surface area contributed by atoms with Crippen LogP contribution in [0.5, 0.6) is 5.75 Å². The van der Waals surface area contributed by atoms with E-state index in [1.54, 1.807) is 26.2 Å². The van der Waals surface area contributed by atoms with Gasteiger partial charge >= 0.3 is 5.97 Å². The van der Waals surface area contributed by atoms with Crippen LogP contribution in [0.3, 0.4) is 0 Å². The fourth-order valence-corrected chi connectivity index (χ4v) is 8.85. The van der Waals surface area contributed by atoms with Crippen LogP contribution in [0, 0.1) is 5.92 Å². The van der Waals surface area contributed by atoms with Crippen molar-refractivity contribution in [3.63, 3.8) is 0 Å². The standard InChI is InChI=1S/C37H49ClFN3O6/c1-46-22-29-18-26(32-13-6-27(38)19-34(32)40-16-14-25(15-17-40)35(43)44)20-42(29)36(45)37(39)23-41(28-7-11-31(48-3)12-8-28)21-33(37)24-4-9-30(47-2)10-5-24/h4-6,9-10,13,19,25-26,28-29,31,33H,7-8,11-12,14-18,20-23H2,1-3H3,(H,43,44)/t26-,28?,29+,31?,33+,37+/m1/s1. The Labute approximate surface area is 288 Å². The number of rotatable bonds is 10. The first-order valence-corrected chi connectivity index (χ1v) is 17.7. The van der Waals surface area contributed by atoms with Crippen molar-refractivity contribution in [2.75, 3.05) is 65.6 Å². The molecule has 6 rings (SSSR count). The van der Waals surface area contributed by atoms with Gasteiger partial charge in [0.25, 0.3) is 5.91 Å². The van der Waals surface area contributed by atoms with E-state index in [1.165, 1.54) is 0 Å². The average molecular weight is 686 g/mol. The molecule has 3 aliphatic heterocycles. The van der Waals surface area contributed by atoms with Crippen LogP contribution in [0.25, 0.3) is 0 Å². The number of piperidine rings is 1. The first-order chi connectivity index (χ1) is 23.1. The number of methoxy groups -OCH3 is 3. The lowest BCUT2D eigenvalue weighted by atomic mass is 9.85. The number of anilines is 1. The van der Waals surface area contributed by atoms with Crippen molar-refractivity contribution in [1.82, 2.24) is 9.80 Å². The number of likely N-dealkylation sites (tertiary alicyclic amines) is 2. The Morgan fingerprint density at radius 2 is 1.69 bits per heavy atom. The smallest absolute Gasteiger partial charge is 0.306 e. The number of amides is 1. The summed E-state index contributed by atoms with van der Waals surface area (Å²) in [6.45, 7) is 2.42. The van der Waals surface area contributed by atoms with Gasteiger partial charge in [-0.1, -0.05) is 29.8 Å². The van der Waals surface area contributed by atoms with Gasteiger partial charge in [0.2, 0.25) is 5.67 Å². The zero-order valence-electron chi connectivity index (χ0n) is 28.3. The third kappa shape index (κ3) is 7.04. The molecule has 4 aliphatic rings. The van der Waals surface area contributed by atoms with E-state index in [1.807, 2.05) is 42.5 Å². The first kappa shape index (κ1) is 34.9. The van der Waals surface area contributed by atoms with Crippen LogP contribution < -0.4 is 9.64 Å². The van der Waals surface area contributed by atoms with Crippen molar-refractivity contribution < 1.29 is 33.3 Å². The van der Waals surface area contributed by atoms with Gasteiger partial charge in [-0.25, -0.2) is 4.39 Å². The second-order valence-electron chi connectivity index (χ2n) is 14.1. The third-order valence-electron chi connectivity index (χ3n) is 11.4. The molecule has 48 heavy (non-hydrogen) atoms.